The van der Waals surface area contributed by atoms with Crippen LogP contribution in [0.1, 0.15) is 20.8 Å². The van der Waals surface area contributed by atoms with Crippen molar-refractivity contribution in [3.8, 4) is 5.75 Å². The number of nitrogens with two attached hydrogens (primary N) is 1. The van der Waals surface area contributed by atoms with E-state index in [1.807, 2.05) is 20.8 Å². The molecule has 0 aliphatic carbocycles. The van der Waals surface area contributed by atoms with Gasteiger partial charge in [0.05, 0.1) is 18.6 Å². The fourth-order valence-corrected chi connectivity index (χ4v) is 3.28. The van der Waals surface area contributed by atoms with Crippen LogP contribution in [0.3, 0.4) is 0 Å². The lowest BCUT2D eigenvalue weighted by Crippen LogP contribution is -2.26. The molecule has 0 fully saturated rings. The molecule has 0 amide bonds. The van der Waals surface area contributed by atoms with E-state index in [2.05, 4.69) is 4.72 Å². The Morgan fingerprint density at radius 1 is 1.33 bits per heavy atom. The number of anilines is 2. The highest BCUT2D eigenvalue weighted by molar-refractivity contribution is 7.92. The third-order valence-electron chi connectivity index (χ3n) is 2.11. The van der Waals surface area contributed by atoms with Crippen LogP contribution in [-0.4, -0.2) is 21.3 Å². The quantitative estimate of drug-likeness (QED) is 0.822. The number of nitrogens with one attached hydrogen (secondary N) is 1. The summed E-state index contributed by atoms with van der Waals surface area (Å²) in [5.41, 5.74) is 6.22. The van der Waals surface area contributed by atoms with Gasteiger partial charge in [0.1, 0.15) is 5.75 Å². The topological polar surface area (TPSA) is 81.4 Å². The smallest absolute Gasteiger partial charge is 0.233 e. The van der Waals surface area contributed by atoms with Crippen LogP contribution in [-0.2, 0) is 10.0 Å². The minimum Gasteiger partial charge on any atom is -0.494 e. The van der Waals surface area contributed by atoms with Crippen LogP contribution in [0.25, 0.3) is 0 Å². The van der Waals surface area contributed by atoms with Crippen molar-refractivity contribution in [3.63, 3.8) is 0 Å². The highest BCUT2D eigenvalue weighted by atomic mass is 32.2. The summed E-state index contributed by atoms with van der Waals surface area (Å²) in [5, 5.41) is 0. The minimum atomic E-state index is -3.41. The third-order valence-corrected chi connectivity index (χ3v) is 3.89. The Morgan fingerprint density at radius 2 is 1.94 bits per heavy atom. The van der Waals surface area contributed by atoms with Crippen molar-refractivity contribution in [2.24, 2.45) is 5.41 Å². The van der Waals surface area contributed by atoms with E-state index in [9.17, 15) is 8.42 Å². The van der Waals surface area contributed by atoms with Crippen molar-refractivity contribution in [2.45, 2.75) is 20.8 Å². The first-order valence-electron chi connectivity index (χ1n) is 5.57. The molecule has 3 N–H and O–H groups in total. The van der Waals surface area contributed by atoms with Gasteiger partial charge in [-0.15, -0.1) is 0 Å². The Hall–Kier alpha value is -1.43. The molecule has 0 bridgehead atoms. The fourth-order valence-electron chi connectivity index (χ4n) is 1.57. The molecule has 0 heterocycles. The lowest BCUT2D eigenvalue weighted by Gasteiger charge is -2.19. The van der Waals surface area contributed by atoms with Crippen LogP contribution >= 0.6 is 0 Å². The summed E-state index contributed by atoms with van der Waals surface area (Å²) in [6, 6.07) is 4.79. The number of ether oxygens (including phenoxy) is 1. The molecule has 1 aromatic rings. The largest absolute Gasteiger partial charge is 0.494 e. The molecular formula is C12H20N2O3S. The summed E-state index contributed by atoms with van der Waals surface area (Å²) in [6.45, 7) is 5.60. The van der Waals surface area contributed by atoms with Crippen molar-refractivity contribution in [1.29, 1.82) is 0 Å². The molecule has 1 aromatic carbocycles. The minimum absolute atomic E-state index is 0.0352. The molecule has 0 aromatic heterocycles. The molecule has 0 aliphatic rings. The second-order valence-corrected chi connectivity index (χ2v) is 7.10. The Balaban J connectivity index is 2.98. The SMILES string of the molecule is COc1cc(N)ccc1NS(=O)(=O)CC(C)(C)C. The second kappa shape index (κ2) is 5.06. The van der Waals surface area contributed by atoms with E-state index in [1.165, 1.54) is 7.11 Å². The highest BCUT2D eigenvalue weighted by Gasteiger charge is 2.22. The van der Waals surface area contributed by atoms with E-state index in [4.69, 9.17) is 10.5 Å². The van der Waals surface area contributed by atoms with Gasteiger partial charge in [-0.05, 0) is 17.5 Å². The van der Waals surface area contributed by atoms with Crippen molar-refractivity contribution >= 4 is 21.4 Å². The number of hydrogen-bond donors (Lipinski definition) is 2. The first kappa shape index (κ1) is 14.6. The Labute approximate surface area is 108 Å². The van der Waals surface area contributed by atoms with Crippen LogP contribution in [0.15, 0.2) is 18.2 Å². The molecule has 0 aliphatic heterocycles. The molecule has 0 saturated heterocycles. The van der Waals surface area contributed by atoms with Gasteiger partial charge in [-0.2, -0.15) is 0 Å². The molecule has 0 atom stereocenters. The summed E-state index contributed by atoms with van der Waals surface area (Å²) < 4.78 is 31.5. The summed E-state index contributed by atoms with van der Waals surface area (Å²) in [5.74, 6) is 0.445. The van der Waals surface area contributed by atoms with Gasteiger partial charge in [0.15, 0.2) is 0 Å². The van der Waals surface area contributed by atoms with Crippen molar-refractivity contribution in [3.05, 3.63) is 18.2 Å². The van der Waals surface area contributed by atoms with Crippen molar-refractivity contribution < 1.29 is 13.2 Å². The molecule has 102 valence electrons. The molecule has 5 nitrogen and oxygen atoms in total. The zero-order valence-electron chi connectivity index (χ0n) is 11.1. The maximum Gasteiger partial charge on any atom is 0.233 e. The normalized spacial score (nSPS) is 12.2. The van der Waals surface area contributed by atoms with E-state index < -0.39 is 10.0 Å². The van der Waals surface area contributed by atoms with Crippen LogP contribution < -0.4 is 15.2 Å². The average molecular weight is 272 g/mol. The number of benzene rings is 1. The maximum absolute atomic E-state index is 12.0. The molecule has 0 spiro atoms. The second-order valence-electron chi connectivity index (χ2n) is 5.38. The summed E-state index contributed by atoms with van der Waals surface area (Å²) in [6.07, 6.45) is 0. The predicted octanol–water partition coefficient (Wildman–Crippen LogP) is 2.07. The lowest BCUT2D eigenvalue weighted by atomic mass is 10.0. The molecule has 1 rings (SSSR count). The van der Waals surface area contributed by atoms with Gasteiger partial charge in [0.25, 0.3) is 0 Å². The zero-order chi connectivity index (χ0) is 14.0. The Kier molecular flexibility index (Phi) is 4.11. The zero-order valence-corrected chi connectivity index (χ0v) is 12.0. The number of hydrogen-bond acceptors (Lipinski definition) is 4. The van der Waals surface area contributed by atoms with Crippen molar-refractivity contribution in [1.82, 2.24) is 0 Å². The summed E-state index contributed by atoms with van der Waals surface area (Å²) in [4.78, 5) is 0. The van der Waals surface area contributed by atoms with Crippen LogP contribution in [0.2, 0.25) is 0 Å². The average Bonchev–Trinajstić information content (AvgIpc) is 2.16. The van der Waals surface area contributed by atoms with Gasteiger partial charge < -0.3 is 10.5 Å². The number of rotatable bonds is 4. The maximum atomic E-state index is 12.0. The molecule has 0 saturated carbocycles. The number of methoxy groups -OCH3 is 1. The predicted molar refractivity (Wildman–Crippen MR) is 74.3 cm³/mol. The molecular weight excluding hydrogens is 252 g/mol. The highest BCUT2D eigenvalue weighted by Crippen LogP contribution is 2.28. The van der Waals surface area contributed by atoms with Crippen LogP contribution in [0.4, 0.5) is 11.4 Å². The molecule has 0 unspecified atom stereocenters. The summed E-state index contributed by atoms with van der Waals surface area (Å²) in [7, 11) is -1.94. The van der Waals surface area contributed by atoms with Gasteiger partial charge >= 0.3 is 0 Å². The van der Waals surface area contributed by atoms with E-state index in [1.54, 1.807) is 18.2 Å². The van der Waals surface area contributed by atoms with Gasteiger partial charge in [0.2, 0.25) is 10.0 Å². The van der Waals surface area contributed by atoms with Crippen LogP contribution in [0.5, 0.6) is 5.75 Å². The van der Waals surface area contributed by atoms with E-state index in [0.717, 1.165) is 0 Å². The van der Waals surface area contributed by atoms with Crippen molar-refractivity contribution in [2.75, 3.05) is 23.3 Å². The first-order valence-corrected chi connectivity index (χ1v) is 7.22. The molecule has 18 heavy (non-hydrogen) atoms. The fraction of sp³-hybridized carbons (Fsp3) is 0.500. The Bertz CT molecular complexity index is 519. The lowest BCUT2D eigenvalue weighted by molar-refractivity contribution is 0.417. The number of sulfonamides is 1. The van der Waals surface area contributed by atoms with Gasteiger partial charge in [-0.1, -0.05) is 20.8 Å². The van der Waals surface area contributed by atoms with E-state index in [0.29, 0.717) is 17.1 Å². The molecule has 0 radical (unpaired) electrons. The monoisotopic (exact) mass is 272 g/mol. The number of nitrogen functional groups attached to an aromatic ring is 1. The van der Waals surface area contributed by atoms with Gasteiger partial charge in [0, 0.05) is 11.8 Å². The standard InChI is InChI=1S/C12H20N2O3S/c1-12(2,3)8-18(15,16)14-10-6-5-9(13)7-11(10)17-4/h5-7,14H,8,13H2,1-4H3. The van der Waals surface area contributed by atoms with Crippen LogP contribution in [0, 0.1) is 5.41 Å². The van der Waals surface area contributed by atoms with E-state index in [-0.39, 0.29) is 11.2 Å². The molecule has 6 heteroatoms. The summed E-state index contributed by atoms with van der Waals surface area (Å²) >= 11 is 0. The van der Waals surface area contributed by atoms with E-state index >= 15 is 0 Å². The van der Waals surface area contributed by atoms with Gasteiger partial charge in [-0.3, -0.25) is 4.72 Å². The Morgan fingerprint density at radius 3 is 2.44 bits per heavy atom. The third kappa shape index (κ3) is 4.44. The first-order chi connectivity index (χ1) is 8.13. The van der Waals surface area contributed by atoms with Gasteiger partial charge in [-0.25, -0.2) is 8.42 Å².